The van der Waals surface area contributed by atoms with Crippen molar-refractivity contribution in [3.63, 3.8) is 0 Å². The van der Waals surface area contributed by atoms with Gasteiger partial charge in [0.05, 0.1) is 36.5 Å². The van der Waals surface area contributed by atoms with Gasteiger partial charge in [0.25, 0.3) is 0 Å². The summed E-state index contributed by atoms with van der Waals surface area (Å²) < 4.78 is 13.2. The zero-order valence-corrected chi connectivity index (χ0v) is 18.9. The van der Waals surface area contributed by atoms with Crippen LogP contribution in [0, 0.1) is 0 Å². The number of rotatable bonds is 7. The fourth-order valence-corrected chi connectivity index (χ4v) is 4.88. The monoisotopic (exact) mass is 415 g/mol. The zero-order chi connectivity index (χ0) is 20.6. The Morgan fingerprint density at radius 2 is 1.97 bits per heavy atom. The molecule has 0 unspecified atom stereocenters. The van der Waals surface area contributed by atoms with Gasteiger partial charge in [-0.25, -0.2) is 9.97 Å². The third kappa shape index (κ3) is 4.09. The van der Waals surface area contributed by atoms with E-state index in [1.165, 1.54) is 10.5 Å². The second kappa shape index (κ2) is 8.13. The molecule has 0 aliphatic carbocycles. The molecule has 0 radical (unpaired) electrons. The summed E-state index contributed by atoms with van der Waals surface area (Å²) in [4.78, 5) is 17.1. The molecular weight excluding hydrogens is 384 g/mol. The van der Waals surface area contributed by atoms with Crippen LogP contribution in [-0.4, -0.2) is 46.8 Å². The average molecular weight is 416 g/mol. The van der Waals surface area contributed by atoms with Crippen LogP contribution in [0.2, 0.25) is 0 Å². The number of likely N-dealkylation sites (N-methyl/N-ethyl adjacent to an activating group) is 1. The number of nitrogens with zero attached hydrogens (tertiary/aromatic N) is 3. The van der Waals surface area contributed by atoms with E-state index in [0.29, 0.717) is 19.1 Å². The molecule has 0 aromatic carbocycles. The zero-order valence-electron chi connectivity index (χ0n) is 18.1. The van der Waals surface area contributed by atoms with Crippen LogP contribution in [0.4, 0.5) is 0 Å². The van der Waals surface area contributed by atoms with Crippen LogP contribution >= 0.6 is 11.3 Å². The van der Waals surface area contributed by atoms with Crippen molar-refractivity contribution in [3.05, 3.63) is 23.1 Å². The van der Waals surface area contributed by atoms with Crippen molar-refractivity contribution < 1.29 is 14.4 Å². The average Bonchev–Trinajstić information content (AvgIpc) is 3.06. The molecule has 0 saturated heterocycles. The van der Waals surface area contributed by atoms with Gasteiger partial charge in [-0.3, -0.25) is 0 Å². The molecule has 3 aromatic heterocycles. The lowest BCUT2D eigenvalue weighted by Crippen LogP contribution is -3.12. The van der Waals surface area contributed by atoms with Crippen LogP contribution in [0.5, 0.6) is 5.88 Å². The summed E-state index contributed by atoms with van der Waals surface area (Å²) in [6.45, 7) is 15.2. The van der Waals surface area contributed by atoms with Crippen LogP contribution in [0.15, 0.2) is 6.07 Å². The number of pyridine rings is 1. The van der Waals surface area contributed by atoms with Crippen molar-refractivity contribution in [2.75, 3.05) is 26.2 Å². The maximum absolute atomic E-state index is 6.17. The molecule has 0 fully saturated rings. The van der Waals surface area contributed by atoms with Gasteiger partial charge in [-0.15, -0.1) is 11.3 Å². The largest absolute Gasteiger partial charge is 0.471 e. The molecule has 4 rings (SSSR count). The third-order valence-corrected chi connectivity index (χ3v) is 6.79. The Bertz CT molecular complexity index is 1030. The minimum absolute atomic E-state index is 0.166. The lowest BCUT2D eigenvalue weighted by molar-refractivity contribution is -0.896. The van der Waals surface area contributed by atoms with Crippen molar-refractivity contribution >= 4 is 31.8 Å². The first-order valence-corrected chi connectivity index (χ1v) is 11.5. The second-order valence-corrected chi connectivity index (χ2v) is 9.31. The Labute approximate surface area is 176 Å². The summed E-state index contributed by atoms with van der Waals surface area (Å²) in [6, 6.07) is 2.21. The minimum atomic E-state index is -0.166. The fourth-order valence-electron chi connectivity index (χ4n) is 3.82. The van der Waals surface area contributed by atoms with Gasteiger partial charge in [0.1, 0.15) is 28.5 Å². The highest BCUT2D eigenvalue weighted by Gasteiger charge is 2.28. The molecule has 29 heavy (non-hydrogen) atoms. The number of quaternary nitrogens is 1. The third-order valence-electron chi connectivity index (χ3n) is 5.71. The molecule has 4 heterocycles. The van der Waals surface area contributed by atoms with Gasteiger partial charge in [-0.1, -0.05) is 6.92 Å². The highest BCUT2D eigenvalue weighted by atomic mass is 32.1. The normalized spacial score (nSPS) is 15.9. The van der Waals surface area contributed by atoms with Crippen LogP contribution in [0.25, 0.3) is 20.4 Å². The topological polar surface area (TPSA) is 61.6 Å². The van der Waals surface area contributed by atoms with E-state index in [-0.39, 0.29) is 5.60 Å². The molecule has 1 aliphatic heterocycles. The molecule has 0 saturated carbocycles. The Morgan fingerprint density at radius 3 is 2.69 bits per heavy atom. The quantitative estimate of drug-likeness (QED) is 0.643. The molecule has 156 valence electrons. The predicted molar refractivity (Wildman–Crippen MR) is 117 cm³/mol. The molecule has 0 bridgehead atoms. The molecule has 7 heteroatoms. The van der Waals surface area contributed by atoms with Crippen LogP contribution in [0.3, 0.4) is 0 Å². The Hall–Kier alpha value is -1.83. The molecule has 0 atom stereocenters. The molecule has 0 spiro atoms. The van der Waals surface area contributed by atoms with Gasteiger partial charge in [0, 0.05) is 23.8 Å². The highest BCUT2D eigenvalue weighted by Crippen LogP contribution is 2.39. The van der Waals surface area contributed by atoms with E-state index in [9.17, 15) is 0 Å². The van der Waals surface area contributed by atoms with Crippen molar-refractivity contribution in [1.29, 1.82) is 0 Å². The van der Waals surface area contributed by atoms with E-state index in [0.717, 1.165) is 64.4 Å². The summed E-state index contributed by atoms with van der Waals surface area (Å²) in [5.74, 6) is 1.52. The lowest BCUT2D eigenvalue weighted by atomic mass is 9.95. The molecule has 3 aromatic rings. The van der Waals surface area contributed by atoms with E-state index >= 15 is 0 Å². The first kappa shape index (κ1) is 20.4. The predicted octanol–water partition coefficient (Wildman–Crippen LogP) is 2.96. The Balaban J connectivity index is 1.74. The first-order valence-electron chi connectivity index (χ1n) is 10.7. The molecule has 6 nitrogen and oxygen atoms in total. The number of aromatic nitrogens is 3. The summed E-state index contributed by atoms with van der Waals surface area (Å²) in [7, 11) is 0. The summed E-state index contributed by atoms with van der Waals surface area (Å²) >= 11 is 1.64. The fraction of sp³-hybridized carbons (Fsp3) is 0.591. The van der Waals surface area contributed by atoms with Gasteiger partial charge < -0.3 is 14.4 Å². The number of nitrogens with one attached hydrogen (secondary N) is 1. The van der Waals surface area contributed by atoms with Crippen LogP contribution < -0.4 is 9.64 Å². The van der Waals surface area contributed by atoms with Gasteiger partial charge in [-0.05, 0) is 33.8 Å². The molecule has 0 amide bonds. The first-order chi connectivity index (χ1) is 13.9. The van der Waals surface area contributed by atoms with Gasteiger partial charge in [-0.2, -0.15) is 4.98 Å². The summed E-state index contributed by atoms with van der Waals surface area (Å²) in [5, 5.41) is 1.09. The van der Waals surface area contributed by atoms with E-state index in [2.05, 4.69) is 40.7 Å². The number of thiophene rings is 1. The van der Waals surface area contributed by atoms with Crippen LogP contribution in [0.1, 0.15) is 51.7 Å². The maximum Gasteiger partial charge on any atom is 0.235 e. The Kier molecular flexibility index (Phi) is 5.73. The smallest absolute Gasteiger partial charge is 0.235 e. The number of hydrogen-bond donors (Lipinski definition) is 1. The SMILES string of the molecule is CCc1nc(OCC[NH+](CC)CC)c2sc3nc4c(cc3c2n1)COC(C)(C)C4. The molecule has 1 aliphatic rings. The molecule has 1 N–H and O–H groups in total. The van der Waals surface area contributed by atoms with E-state index < -0.39 is 0 Å². The second-order valence-electron chi connectivity index (χ2n) is 8.31. The molecular formula is C22H31N4O2S+. The van der Waals surface area contributed by atoms with Crippen molar-refractivity contribution in [3.8, 4) is 5.88 Å². The van der Waals surface area contributed by atoms with E-state index in [4.69, 9.17) is 24.4 Å². The summed E-state index contributed by atoms with van der Waals surface area (Å²) in [6.07, 6.45) is 1.61. The van der Waals surface area contributed by atoms with E-state index in [1.807, 2.05) is 0 Å². The minimum Gasteiger partial charge on any atom is -0.471 e. The van der Waals surface area contributed by atoms with Crippen molar-refractivity contribution in [2.45, 2.75) is 59.7 Å². The number of aryl methyl sites for hydroxylation is 1. The lowest BCUT2D eigenvalue weighted by Gasteiger charge is -2.30. The van der Waals surface area contributed by atoms with Gasteiger partial charge in [0.2, 0.25) is 5.88 Å². The number of ether oxygens (including phenoxy) is 2. The maximum atomic E-state index is 6.17. The van der Waals surface area contributed by atoms with Crippen LogP contribution in [-0.2, 0) is 24.2 Å². The van der Waals surface area contributed by atoms with E-state index in [1.54, 1.807) is 11.3 Å². The van der Waals surface area contributed by atoms with Crippen molar-refractivity contribution in [1.82, 2.24) is 15.0 Å². The summed E-state index contributed by atoms with van der Waals surface area (Å²) in [5.41, 5.74) is 3.10. The standard InChI is InChI=1S/C22H30N4O2S/c1-6-17-24-18-15-11-14-13-28-22(4,5)12-16(14)23-21(15)29-19(18)20(25-17)27-10-9-26(7-2)8-3/h11H,6-10,12-13H2,1-5H3/p+1. The number of hydrogen-bond acceptors (Lipinski definition) is 6. The highest BCUT2D eigenvalue weighted by molar-refractivity contribution is 7.25. The van der Waals surface area contributed by atoms with Crippen molar-refractivity contribution in [2.24, 2.45) is 0 Å². The Morgan fingerprint density at radius 1 is 1.17 bits per heavy atom. The number of fused-ring (bicyclic) bond motifs is 4. The van der Waals surface area contributed by atoms with Gasteiger partial charge in [0.15, 0.2) is 0 Å². The van der Waals surface area contributed by atoms with Gasteiger partial charge >= 0.3 is 0 Å².